The number of hydrogen-bond acceptors (Lipinski definition) is 4. The Kier molecular flexibility index (Phi) is 7.11. The topological polar surface area (TPSA) is 43.8 Å². The molecule has 0 atom stereocenters. The lowest BCUT2D eigenvalue weighted by Crippen LogP contribution is -2.41. The number of phenols is 1. The van der Waals surface area contributed by atoms with Crippen LogP contribution in [0.15, 0.2) is 47.4 Å². The van der Waals surface area contributed by atoms with Gasteiger partial charge in [0.05, 0.1) is 10.8 Å². The summed E-state index contributed by atoms with van der Waals surface area (Å²) < 4.78 is 0. The van der Waals surface area contributed by atoms with Crippen LogP contribution in [-0.2, 0) is 22.0 Å². The van der Waals surface area contributed by atoms with Gasteiger partial charge in [-0.3, -0.25) is 9.80 Å². The van der Waals surface area contributed by atoms with E-state index in [4.69, 9.17) is 0 Å². The SMILES string of the molecule is CN(CCc1ccccc1)N1CS/C(=C\c2cc(C(C)(C)C)c(O)c(C(C)(C)C)c2)C1=O. The number of carbonyl (C=O) groups is 1. The van der Waals surface area contributed by atoms with Gasteiger partial charge in [0, 0.05) is 24.7 Å². The van der Waals surface area contributed by atoms with Crippen LogP contribution in [0.2, 0.25) is 0 Å². The minimum atomic E-state index is -0.199. The summed E-state index contributed by atoms with van der Waals surface area (Å²) >= 11 is 1.57. The van der Waals surface area contributed by atoms with Gasteiger partial charge >= 0.3 is 0 Å². The minimum absolute atomic E-state index is 0.0354. The van der Waals surface area contributed by atoms with Crippen LogP contribution in [0.3, 0.4) is 0 Å². The first kappa shape index (κ1) is 24.4. The second-order valence-corrected chi connectivity index (χ2v) is 11.6. The summed E-state index contributed by atoms with van der Waals surface area (Å²) in [6, 6.07) is 14.4. The first-order valence-electron chi connectivity index (χ1n) is 11.2. The van der Waals surface area contributed by atoms with Gasteiger partial charge in [0.2, 0.25) is 0 Å². The molecule has 1 saturated heterocycles. The highest BCUT2D eigenvalue weighted by molar-refractivity contribution is 8.04. The van der Waals surface area contributed by atoms with E-state index in [1.807, 2.05) is 53.5 Å². The summed E-state index contributed by atoms with van der Waals surface area (Å²) in [6.45, 7) is 13.4. The number of benzene rings is 2. The standard InChI is InChI=1S/C27H36N2O2S/c1-26(2,3)21-15-20(16-22(24(21)30)27(4,5)6)17-23-25(31)29(18-32-23)28(7)14-13-19-11-9-8-10-12-19/h8-12,15-17,30H,13-14,18H2,1-7H3/b23-17-. The van der Waals surface area contributed by atoms with Crippen molar-refractivity contribution in [2.24, 2.45) is 0 Å². The van der Waals surface area contributed by atoms with E-state index in [0.717, 1.165) is 34.6 Å². The van der Waals surface area contributed by atoms with Crippen LogP contribution in [0.1, 0.15) is 63.8 Å². The Morgan fingerprint density at radius 3 is 2.12 bits per heavy atom. The van der Waals surface area contributed by atoms with Crippen LogP contribution < -0.4 is 0 Å². The summed E-state index contributed by atoms with van der Waals surface area (Å²) in [4.78, 5) is 13.9. The second-order valence-electron chi connectivity index (χ2n) is 10.6. The Hall–Kier alpha value is -2.24. The van der Waals surface area contributed by atoms with Crippen LogP contribution >= 0.6 is 11.8 Å². The molecule has 0 saturated carbocycles. The molecular weight excluding hydrogens is 416 g/mol. The number of hydrogen-bond donors (Lipinski definition) is 1. The molecule has 4 nitrogen and oxygen atoms in total. The maximum Gasteiger partial charge on any atom is 0.275 e. The van der Waals surface area contributed by atoms with Gasteiger partial charge in [0.25, 0.3) is 5.91 Å². The lowest BCUT2D eigenvalue weighted by Gasteiger charge is -2.28. The Balaban J connectivity index is 1.83. The number of hydrazine groups is 1. The molecule has 1 aliphatic rings. The van der Waals surface area contributed by atoms with Gasteiger partial charge in [-0.25, -0.2) is 5.01 Å². The Morgan fingerprint density at radius 1 is 1.03 bits per heavy atom. The van der Waals surface area contributed by atoms with E-state index in [2.05, 4.69) is 53.7 Å². The van der Waals surface area contributed by atoms with Crippen LogP contribution in [0.4, 0.5) is 0 Å². The molecule has 1 amide bonds. The Morgan fingerprint density at radius 2 is 1.59 bits per heavy atom. The van der Waals surface area contributed by atoms with Crippen LogP contribution in [0.5, 0.6) is 5.75 Å². The van der Waals surface area contributed by atoms with Gasteiger partial charge in [-0.05, 0) is 46.6 Å². The average molecular weight is 453 g/mol. The molecule has 2 aromatic carbocycles. The molecular formula is C27H36N2O2S. The largest absolute Gasteiger partial charge is 0.507 e. The predicted octanol–water partition coefficient (Wildman–Crippen LogP) is 5.95. The zero-order valence-electron chi connectivity index (χ0n) is 20.4. The summed E-state index contributed by atoms with van der Waals surface area (Å²) in [5.41, 5.74) is 3.64. The number of rotatable bonds is 5. The molecule has 32 heavy (non-hydrogen) atoms. The number of phenolic OH excluding ortho intramolecular Hbond substituents is 1. The molecule has 1 aliphatic heterocycles. The third-order valence-corrected chi connectivity index (χ3v) is 6.79. The Labute approximate surface area is 197 Å². The fourth-order valence-electron chi connectivity index (χ4n) is 3.83. The Bertz CT molecular complexity index is 966. The van der Waals surface area contributed by atoms with Gasteiger partial charge in [0.15, 0.2) is 0 Å². The van der Waals surface area contributed by atoms with Crippen molar-refractivity contribution >= 4 is 23.7 Å². The average Bonchev–Trinajstić information content (AvgIpc) is 3.06. The van der Waals surface area contributed by atoms with Gasteiger partial charge in [-0.1, -0.05) is 83.6 Å². The molecule has 0 unspecified atom stereocenters. The number of thioether (sulfide) groups is 1. The highest BCUT2D eigenvalue weighted by atomic mass is 32.2. The highest BCUT2D eigenvalue weighted by Crippen LogP contribution is 2.41. The number of carbonyl (C=O) groups excluding carboxylic acids is 1. The molecule has 0 bridgehead atoms. The van der Waals surface area contributed by atoms with E-state index in [-0.39, 0.29) is 16.7 Å². The van der Waals surface area contributed by atoms with E-state index in [9.17, 15) is 9.90 Å². The number of aromatic hydroxyl groups is 1. The zero-order valence-corrected chi connectivity index (χ0v) is 21.2. The lowest BCUT2D eigenvalue weighted by atomic mass is 9.78. The molecule has 0 spiro atoms. The van der Waals surface area contributed by atoms with Crippen molar-refractivity contribution in [2.75, 3.05) is 19.5 Å². The zero-order chi connectivity index (χ0) is 23.7. The molecule has 0 radical (unpaired) electrons. The van der Waals surface area contributed by atoms with Crippen molar-refractivity contribution in [3.05, 3.63) is 69.6 Å². The molecule has 2 aromatic rings. The molecule has 1 N–H and O–H groups in total. The van der Waals surface area contributed by atoms with Crippen molar-refractivity contribution in [2.45, 2.75) is 58.8 Å². The van der Waals surface area contributed by atoms with Crippen molar-refractivity contribution < 1.29 is 9.90 Å². The van der Waals surface area contributed by atoms with Crippen LogP contribution in [0.25, 0.3) is 6.08 Å². The van der Waals surface area contributed by atoms with Gasteiger partial charge in [0.1, 0.15) is 5.75 Å². The van der Waals surface area contributed by atoms with E-state index < -0.39 is 0 Å². The predicted molar refractivity (Wildman–Crippen MR) is 136 cm³/mol. The fourth-order valence-corrected chi connectivity index (χ4v) is 4.85. The van der Waals surface area contributed by atoms with Crippen molar-refractivity contribution in [1.29, 1.82) is 0 Å². The van der Waals surface area contributed by atoms with Crippen molar-refractivity contribution in [1.82, 2.24) is 10.0 Å². The molecule has 1 heterocycles. The van der Waals surface area contributed by atoms with Crippen molar-refractivity contribution in [3.8, 4) is 5.75 Å². The van der Waals surface area contributed by atoms with Crippen molar-refractivity contribution in [3.63, 3.8) is 0 Å². The summed E-state index contributed by atoms with van der Waals surface area (Å²) in [7, 11) is 1.97. The maximum absolute atomic E-state index is 13.1. The molecule has 0 aliphatic carbocycles. The molecule has 0 aromatic heterocycles. The smallest absolute Gasteiger partial charge is 0.275 e. The van der Waals surface area contributed by atoms with Gasteiger partial charge < -0.3 is 5.11 Å². The molecule has 172 valence electrons. The first-order chi connectivity index (χ1) is 14.9. The lowest BCUT2D eigenvalue weighted by molar-refractivity contribution is -0.137. The summed E-state index contributed by atoms with van der Waals surface area (Å²) in [6.07, 6.45) is 2.87. The number of amides is 1. The van der Waals surface area contributed by atoms with Crippen LogP contribution in [0, 0.1) is 0 Å². The third-order valence-electron chi connectivity index (χ3n) is 5.81. The maximum atomic E-state index is 13.1. The third kappa shape index (κ3) is 5.57. The van der Waals surface area contributed by atoms with Crippen LogP contribution in [-0.4, -0.2) is 40.5 Å². The summed E-state index contributed by atoms with van der Waals surface area (Å²) in [5, 5.41) is 14.8. The van der Waals surface area contributed by atoms with Gasteiger partial charge in [-0.2, -0.15) is 0 Å². The second kappa shape index (κ2) is 9.32. The first-order valence-corrected chi connectivity index (χ1v) is 12.2. The highest BCUT2D eigenvalue weighted by Gasteiger charge is 2.31. The number of likely N-dealkylation sites (N-methyl/N-ethyl adjacent to an activating group) is 1. The molecule has 3 rings (SSSR count). The van der Waals surface area contributed by atoms with E-state index in [1.54, 1.807) is 11.8 Å². The molecule has 5 heteroatoms. The number of nitrogens with zero attached hydrogens (tertiary/aromatic N) is 2. The quantitative estimate of drug-likeness (QED) is 0.569. The van der Waals surface area contributed by atoms with E-state index in [0.29, 0.717) is 11.6 Å². The fraction of sp³-hybridized carbons (Fsp3) is 0.444. The normalized spacial score (nSPS) is 16.4. The minimum Gasteiger partial charge on any atom is -0.507 e. The van der Waals surface area contributed by atoms with E-state index >= 15 is 0 Å². The van der Waals surface area contributed by atoms with Gasteiger partial charge in [-0.15, -0.1) is 0 Å². The monoisotopic (exact) mass is 452 g/mol. The summed E-state index contributed by atoms with van der Waals surface area (Å²) in [5.74, 6) is 1.01. The van der Waals surface area contributed by atoms with E-state index in [1.165, 1.54) is 5.56 Å². The molecule has 1 fully saturated rings.